The lowest BCUT2D eigenvalue weighted by atomic mass is 10.1. The Bertz CT molecular complexity index is 138. The van der Waals surface area contributed by atoms with E-state index in [-0.39, 0.29) is 0 Å². The third-order valence-electron chi connectivity index (χ3n) is 1.14. The van der Waals surface area contributed by atoms with Crippen molar-refractivity contribution < 1.29 is 0 Å². The molecule has 0 N–H and O–H groups in total. The fourth-order valence-corrected chi connectivity index (χ4v) is 0.641. The molecule has 0 aromatic heterocycles. The van der Waals surface area contributed by atoms with E-state index < -0.39 is 0 Å². The van der Waals surface area contributed by atoms with Crippen molar-refractivity contribution in [2.24, 2.45) is 0 Å². The van der Waals surface area contributed by atoms with Crippen molar-refractivity contribution in [2.75, 3.05) is 0 Å². The van der Waals surface area contributed by atoms with Gasteiger partial charge in [0.25, 0.3) is 0 Å². The molecule has 0 heteroatoms. The van der Waals surface area contributed by atoms with E-state index in [1.165, 1.54) is 11.1 Å². The van der Waals surface area contributed by atoms with Crippen LogP contribution in [0.3, 0.4) is 0 Å². The van der Waals surface area contributed by atoms with Crippen LogP contribution in [0.15, 0.2) is 36.5 Å². The second-order valence-electron chi connectivity index (χ2n) is 2.20. The van der Waals surface area contributed by atoms with Crippen LogP contribution in [-0.4, -0.2) is 0 Å². The van der Waals surface area contributed by atoms with Crippen LogP contribution in [0.4, 0.5) is 0 Å². The first-order valence-electron chi connectivity index (χ1n) is 3.12. The molecule has 0 aliphatic rings. The summed E-state index contributed by atoms with van der Waals surface area (Å²) in [5, 5.41) is 0. The van der Waals surface area contributed by atoms with E-state index in [1.54, 1.807) is 0 Å². The van der Waals surface area contributed by atoms with E-state index in [0.717, 1.165) is 6.42 Å². The van der Waals surface area contributed by atoms with Crippen LogP contribution in [0.2, 0.25) is 0 Å². The summed E-state index contributed by atoms with van der Waals surface area (Å²) >= 11 is 0. The summed E-state index contributed by atoms with van der Waals surface area (Å²) in [5.41, 5.74) is 2.44. The summed E-state index contributed by atoms with van der Waals surface area (Å²) in [6, 6.07) is 0. The van der Waals surface area contributed by atoms with Gasteiger partial charge in [-0.15, -0.1) is 0 Å². The minimum absolute atomic E-state index is 0.958. The van der Waals surface area contributed by atoms with Gasteiger partial charge in [-0.05, 0) is 25.8 Å². The third kappa shape index (κ3) is 3.77. The van der Waals surface area contributed by atoms with Crippen molar-refractivity contribution in [3.63, 3.8) is 0 Å². The summed E-state index contributed by atoms with van der Waals surface area (Å²) in [6.07, 6.45) is 4.89. The molecule has 0 saturated heterocycles. The second kappa shape index (κ2) is 4.13. The van der Waals surface area contributed by atoms with Crippen molar-refractivity contribution in [2.45, 2.75) is 20.3 Å². The standard InChI is InChI=1S/C9H14/c1-5-9(6-2)7-8(3)4/h5-6H,1,3,7H2,2,4H3/b9-6-. The van der Waals surface area contributed by atoms with Crippen LogP contribution in [-0.2, 0) is 0 Å². The minimum atomic E-state index is 0.958. The first-order chi connectivity index (χ1) is 4.20. The maximum atomic E-state index is 3.80. The second-order valence-corrected chi connectivity index (χ2v) is 2.20. The average Bonchev–Trinajstić information content (AvgIpc) is 1.82. The van der Waals surface area contributed by atoms with E-state index in [4.69, 9.17) is 0 Å². The zero-order valence-electron chi connectivity index (χ0n) is 6.28. The summed E-state index contributed by atoms with van der Waals surface area (Å²) in [5.74, 6) is 0. The Morgan fingerprint density at radius 1 is 1.56 bits per heavy atom. The molecular formula is C9H14. The van der Waals surface area contributed by atoms with Gasteiger partial charge >= 0.3 is 0 Å². The highest BCUT2D eigenvalue weighted by Gasteiger charge is 1.87. The Morgan fingerprint density at radius 2 is 2.11 bits per heavy atom. The van der Waals surface area contributed by atoms with Crippen molar-refractivity contribution in [3.05, 3.63) is 36.5 Å². The molecule has 0 aromatic rings. The Kier molecular flexibility index (Phi) is 3.78. The average molecular weight is 122 g/mol. The molecule has 0 unspecified atom stereocenters. The lowest BCUT2D eigenvalue weighted by molar-refractivity contribution is 1.16. The summed E-state index contributed by atoms with van der Waals surface area (Å²) in [6.45, 7) is 11.5. The van der Waals surface area contributed by atoms with Gasteiger partial charge in [-0.2, -0.15) is 0 Å². The lowest BCUT2D eigenvalue weighted by Crippen LogP contribution is -1.77. The van der Waals surface area contributed by atoms with Gasteiger partial charge in [-0.3, -0.25) is 0 Å². The van der Waals surface area contributed by atoms with E-state index in [9.17, 15) is 0 Å². The van der Waals surface area contributed by atoms with Crippen molar-refractivity contribution in [1.82, 2.24) is 0 Å². The SMILES string of the molecule is C=C/C(=C/C)CC(=C)C. The Morgan fingerprint density at radius 3 is 2.22 bits per heavy atom. The van der Waals surface area contributed by atoms with Crippen LogP contribution >= 0.6 is 0 Å². The van der Waals surface area contributed by atoms with Crippen molar-refractivity contribution in [3.8, 4) is 0 Å². The number of rotatable bonds is 3. The largest absolute Gasteiger partial charge is 0.0998 e. The molecule has 0 amide bonds. The molecular weight excluding hydrogens is 108 g/mol. The molecule has 9 heavy (non-hydrogen) atoms. The Labute approximate surface area is 57.6 Å². The third-order valence-corrected chi connectivity index (χ3v) is 1.14. The quantitative estimate of drug-likeness (QED) is 0.398. The summed E-state index contributed by atoms with van der Waals surface area (Å²) < 4.78 is 0. The molecule has 0 spiro atoms. The molecule has 0 fully saturated rings. The maximum absolute atomic E-state index is 3.80. The van der Waals surface area contributed by atoms with Crippen molar-refractivity contribution in [1.29, 1.82) is 0 Å². The Hall–Kier alpha value is -0.780. The van der Waals surface area contributed by atoms with Crippen LogP contribution in [0, 0.1) is 0 Å². The molecule has 0 rings (SSSR count). The van der Waals surface area contributed by atoms with Crippen LogP contribution in [0.1, 0.15) is 20.3 Å². The van der Waals surface area contributed by atoms with Crippen LogP contribution in [0.25, 0.3) is 0 Å². The topological polar surface area (TPSA) is 0 Å². The molecule has 0 saturated carbocycles. The molecule has 0 aliphatic carbocycles. The fraction of sp³-hybridized carbons (Fsp3) is 0.333. The molecule has 0 radical (unpaired) electrons. The van der Waals surface area contributed by atoms with Gasteiger partial charge in [-0.25, -0.2) is 0 Å². The number of allylic oxidation sites excluding steroid dienone is 4. The van der Waals surface area contributed by atoms with E-state index in [0.29, 0.717) is 0 Å². The van der Waals surface area contributed by atoms with Gasteiger partial charge in [0.05, 0.1) is 0 Å². The minimum Gasteiger partial charge on any atom is -0.0998 e. The van der Waals surface area contributed by atoms with Crippen LogP contribution < -0.4 is 0 Å². The van der Waals surface area contributed by atoms with Gasteiger partial charge in [0.15, 0.2) is 0 Å². The summed E-state index contributed by atoms with van der Waals surface area (Å²) in [7, 11) is 0. The molecule has 0 nitrogen and oxygen atoms in total. The monoisotopic (exact) mass is 122 g/mol. The van der Waals surface area contributed by atoms with E-state index in [1.807, 2.05) is 19.9 Å². The lowest BCUT2D eigenvalue weighted by Gasteiger charge is -1.97. The highest BCUT2D eigenvalue weighted by Crippen LogP contribution is 2.08. The fourth-order valence-electron chi connectivity index (χ4n) is 0.641. The number of hydrogen-bond donors (Lipinski definition) is 0. The van der Waals surface area contributed by atoms with Gasteiger partial charge in [-0.1, -0.05) is 30.9 Å². The maximum Gasteiger partial charge on any atom is -0.00761 e. The van der Waals surface area contributed by atoms with Gasteiger partial charge in [0.1, 0.15) is 0 Å². The van der Waals surface area contributed by atoms with Crippen molar-refractivity contribution >= 4 is 0 Å². The van der Waals surface area contributed by atoms with E-state index >= 15 is 0 Å². The Balaban J connectivity index is 3.86. The predicted octanol–water partition coefficient (Wildman–Crippen LogP) is 3.08. The van der Waals surface area contributed by atoms with Gasteiger partial charge in [0, 0.05) is 0 Å². The summed E-state index contributed by atoms with van der Waals surface area (Å²) in [4.78, 5) is 0. The molecule has 0 aromatic carbocycles. The molecule has 0 atom stereocenters. The zero-order valence-corrected chi connectivity index (χ0v) is 6.28. The first kappa shape index (κ1) is 8.22. The zero-order chi connectivity index (χ0) is 7.28. The van der Waals surface area contributed by atoms with Gasteiger partial charge in [0.2, 0.25) is 0 Å². The predicted molar refractivity (Wildman–Crippen MR) is 43.4 cm³/mol. The van der Waals surface area contributed by atoms with Gasteiger partial charge < -0.3 is 0 Å². The molecule has 50 valence electrons. The normalized spacial score (nSPS) is 11.1. The molecule has 0 heterocycles. The first-order valence-corrected chi connectivity index (χ1v) is 3.12. The molecule has 0 bridgehead atoms. The molecule has 0 aliphatic heterocycles. The highest BCUT2D eigenvalue weighted by atomic mass is 13.9. The van der Waals surface area contributed by atoms with Crippen LogP contribution in [0.5, 0.6) is 0 Å². The number of hydrogen-bond acceptors (Lipinski definition) is 0. The highest BCUT2D eigenvalue weighted by molar-refractivity contribution is 5.20. The smallest absolute Gasteiger partial charge is 0.00761 e. The van der Waals surface area contributed by atoms with E-state index in [2.05, 4.69) is 19.2 Å².